The third-order valence-corrected chi connectivity index (χ3v) is 5.31. The fourth-order valence-electron chi connectivity index (χ4n) is 3.61. The van der Waals surface area contributed by atoms with Gasteiger partial charge >= 0.3 is 0 Å². The zero-order chi connectivity index (χ0) is 20.5. The monoisotopic (exact) mass is 411 g/mol. The molecule has 0 bridgehead atoms. The van der Waals surface area contributed by atoms with Crippen molar-refractivity contribution in [3.63, 3.8) is 0 Å². The third-order valence-electron chi connectivity index (χ3n) is 5.04. The Balaban J connectivity index is 1.76. The van der Waals surface area contributed by atoms with Crippen molar-refractivity contribution in [2.75, 3.05) is 12.8 Å². The Morgan fingerprint density at radius 3 is 2.79 bits per heavy atom. The number of anilines is 1. The summed E-state index contributed by atoms with van der Waals surface area (Å²) in [6.07, 6.45) is 10.1. The first kappa shape index (κ1) is 19.2. The second-order valence-corrected chi connectivity index (χ2v) is 7.31. The van der Waals surface area contributed by atoms with Gasteiger partial charge in [0.25, 0.3) is 0 Å². The number of fused-ring (bicyclic) bond motifs is 1. The van der Waals surface area contributed by atoms with Gasteiger partial charge in [0.2, 0.25) is 5.95 Å². The molecule has 4 rings (SSSR count). The summed E-state index contributed by atoms with van der Waals surface area (Å²) in [5, 5.41) is 1.18. The lowest BCUT2D eigenvalue weighted by Crippen LogP contribution is -2.07. The van der Waals surface area contributed by atoms with E-state index in [0.29, 0.717) is 17.3 Å². The zero-order valence-electron chi connectivity index (χ0n) is 16.6. The van der Waals surface area contributed by atoms with Crippen LogP contribution in [-0.2, 0) is 19.5 Å². The maximum Gasteiger partial charge on any atom is 0.223 e. The Morgan fingerprint density at radius 2 is 2.07 bits per heavy atom. The minimum atomic E-state index is 0.147. The van der Waals surface area contributed by atoms with Gasteiger partial charge in [-0.2, -0.15) is 4.98 Å². The van der Waals surface area contributed by atoms with Crippen molar-refractivity contribution in [3.05, 3.63) is 58.7 Å². The van der Waals surface area contributed by atoms with Crippen molar-refractivity contribution in [1.29, 1.82) is 0 Å². The Bertz CT molecular complexity index is 1170. The zero-order valence-corrected chi connectivity index (χ0v) is 17.3. The SMILES string of the molecule is COc1c(C)cnc(Cn2cc(CCn3ccnc3)c3c(Cl)nc(N)nc32)c1C. The molecule has 8 nitrogen and oxygen atoms in total. The maximum atomic E-state index is 6.44. The van der Waals surface area contributed by atoms with Crippen LogP contribution in [0.2, 0.25) is 5.15 Å². The Morgan fingerprint density at radius 1 is 1.24 bits per heavy atom. The summed E-state index contributed by atoms with van der Waals surface area (Å²) >= 11 is 6.44. The summed E-state index contributed by atoms with van der Waals surface area (Å²) < 4.78 is 9.58. The van der Waals surface area contributed by atoms with Crippen LogP contribution in [0.3, 0.4) is 0 Å². The summed E-state index contributed by atoms with van der Waals surface area (Å²) in [4.78, 5) is 17.3. The topological polar surface area (TPSA) is 96.7 Å². The number of halogens is 1. The minimum Gasteiger partial charge on any atom is -0.496 e. The van der Waals surface area contributed by atoms with Crippen LogP contribution in [-0.4, -0.2) is 36.2 Å². The molecule has 2 N–H and O–H groups in total. The van der Waals surface area contributed by atoms with Crippen molar-refractivity contribution in [3.8, 4) is 5.75 Å². The molecular formula is C20H22ClN7O. The molecule has 0 atom stereocenters. The van der Waals surface area contributed by atoms with Crippen molar-refractivity contribution < 1.29 is 4.74 Å². The molecule has 29 heavy (non-hydrogen) atoms. The van der Waals surface area contributed by atoms with Gasteiger partial charge in [0.15, 0.2) is 0 Å². The molecule has 0 aliphatic heterocycles. The Hall–Kier alpha value is -3.13. The van der Waals surface area contributed by atoms with Crippen molar-refractivity contribution >= 4 is 28.6 Å². The van der Waals surface area contributed by atoms with Gasteiger partial charge in [-0.05, 0) is 25.8 Å². The van der Waals surface area contributed by atoms with Gasteiger partial charge in [0.05, 0.1) is 31.1 Å². The van der Waals surface area contributed by atoms with Crippen LogP contribution in [0.5, 0.6) is 5.75 Å². The number of aryl methyl sites for hydroxylation is 3. The first-order chi connectivity index (χ1) is 14.0. The van der Waals surface area contributed by atoms with E-state index in [4.69, 9.17) is 22.1 Å². The molecule has 0 unspecified atom stereocenters. The summed E-state index contributed by atoms with van der Waals surface area (Å²) in [6, 6.07) is 0. The number of nitrogens with two attached hydrogens (primary N) is 1. The van der Waals surface area contributed by atoms with Crippen LogP contribution in [0, 0.1) is 13.8 Å². The van der Waals surface area contributed by atoms with Gasteiger partial charge in [-0.1, -0.05) is 11.6 Å². The lowest BCUT2D eigenvalue weighted by Gasteiger charge is -2.13. The van der Waals surface area contributed by atoms with E-state index in [1.807, 2.05) is 35.4 Å². The molecular weight excluding hydrogens is 390 g/mol. The summed E-state index contributed by atoms with van der Waals surface area (Å²) in [5.41, 5.74) is 10.5. The van der Waals surface area contributed by atoms with E-state index in [1.165, 1.54) is 0 Å². The first-order valence-electron chi connectivity index (χ1n) is 9.23. The van der Waals surface area contributed by atoms with Crippen molar-refractivity contribution in [1.82, 2.24) is 29.1 Å². The molecule has 0 spiro atoms. The van der Waals surface area contributed by atoms with E-state index in [0.717, 1.165) is 46.5 Å². The number of nitrogens with zero attached hydrogens (tertiary/aromatic N) is 6. The predicted molar refractivity (Wildman–Crippen MR) is 112 cm³/mol. The van der Waals surface area contributed by atoms with Crippen LogP contribution in [0.15, 0.2) is 31.1 Å². The number of hydrogen-bond donors (Lipinski definition) is 1. The maximum absolute atomic E-state index is 6.44. The molecule has 0 saturated heterocycles. The van der Waals surface area contributed by atoms with E-state index < -0.39 is 0 Å². The highest BCUT2D eigenvalue weighted by Crippen LogP contribution is 2.30. The van der Waals surface area contributed by atoms with Crippen molar-refractivity contribution in [2.24, 2.45) is 0 Å². The summed E-state index contributed by atoms with van der Waals surface area (Å²) in [5.74, 6) is 0.994. The first-order valence-corrected chi connectivity index (χ1v) is 9.61. The van der Waals surface area contributed by atoms with Gasteiger partial charge in [0.1, 0.15) is 16.5 Å². The highest BCUT2D eigenvalue weighted by molar-refractivity contribution is 6.34. The Kier molecular flexibility index (Phi) is 5.10. The molecule has 0 fully saturated rings. The molecule has 0 aromatic carbocycles. The smallest absolute Gasteiger partial charge is 0.223 e. The van der Waals surface area contributed by atoms with Crippen molar-refractivity contribution in [2.45, 2.75) is 33.4 Å². The van der Waals surface area contributed by atoms with E-state index in [-0.39, 0.29) is 5.95 Å². The average molecular weight is 412 g/mol. The number of methoxy groups -OCH3 is 1. The van der Waals surface area contributed by atoms with Gasteiger partial charge in [0, 0.05) is 42.5 Å². The highest BCUT2D eigenvalue weighted by atomic mass is 35.5. The highest BCUT2D eigenvalue weighted by Gasteiger charge is 2.18. The second kappa shape index (κ2) is 7.71. The number of rotatable bonds is 6. The average Bonchev–Trinajstić information content (AvgIpc) is 3.31. The lowest BCUT2D eigenvalue weighted by atomic mass is 10.1. The van der Waals surface area contributed by atoms with Crippen LogP contribution >= 0.6 is 11.6 Å². The Labute approximate surface area is 173 Å². The van der Waals surface area contributed by atoms with E-state index in [1.54, 1.807) is 19.6 Å². The van der Waals surface area contributed by atoms with E-state index in [9.17, 15) is 0 Å². The van der Waals surface area contributed by atoms with E-state index in [2.05, 4.69) is 26.1 Å². The van der Waals surface area contributed by atoms with Gasteiger partial charge in [-0.15, -0.1) is 0 Å². The molecule has 4 aromatic heterocycles. The van der Waals surface area contributed by atoms with Crippen LogP contribution < -0.4 is 10.5 Å². The number of pyridine rings is 1. The second-order valence-electron chi connectivity index (χ2n) is 6.95. The fourth-order valence-corrected chi connectivity index (χ4v) is 3.90. The molecule has 0 aliphatic carbocycles. The third kappa shape index (κ3) is 3.63. The predicted octanol–water partition coefficient (Wildman–Crippen LogP) is 3.17. The largest absolute Gasteiger partial charge is 0.496 e. The van der Waals surface area contributed by atoms with Gasteiger partial charge < -0.3 is 19.6 Å². The molecule has 0 aliphatic rings. The normalized spacial score (nSPS) is 11.3. The number of aromatic nitrogens is 6. The fraction of sp³-hybridized carbons (Fsp3) is 0.300. The number of imidazole rings is 1. The number of hydrogen-bond acceptors (Lipinski definition) is 6. The van der Waals surface area contributed by atoms with Crippen LogP contribution in [0.25, 0.3) is 11.0 Å². The quantitative estimate of drug-likeness (QED) is 0.489. The van der Waals surface area contributed by atoms with E-state index >= 15 is 0 Å². The molecule has 0 radical (unpaired) electrons. The minimum absolute atomic E-state index is 0.147. The van der Waals surface area contributed by atoms with Gasteiger partial charge in [-0.3, -0.25) is 4.98 Å². The van der Waals surface area contributed by atoms with Gasteiger partial charge in [-0.25, -0.2) is 9.97 Å². The molecule has 0 saturated carbocycles. The molecule has 4 aromatic rings. The van der Waals surface area contributed by atoms with Crippen LogP contribution in [0.4, 0.5) is 5.95 Å². The molecule has 4 heterocycles. The number of ether oxygens (including phenoxy) is 1. The number of nitrogen functional groups attached to an aromatic ring is 1. The van der Waals surface area contributed by atoms with Crippen LogP contribution in [0.1, 0.15) is 22.4 Å². The summed E-state index contributed by atoms with van der Waals surface area (Å²) in [7, 11) is 1.67. The molecule has 0 amide bonds. The molecule has 9 heteroatoms. The standard InChI is InChI=1S/C20H22ClN7O/c1-12-8-24-15(13(2)17(12)29-3)10-28-9-14(4-6-27-7-5-23-11-27)16-18(21)25-20(22)26-19(16)28/h5,7-9,11H,4,6,10H2,1-3H3,(H2,22,25,26). The summed E-state index contributed by atoms with van der Waals surface area (Å²) in [6.45, 7) is 5.29. The lowest BCUT2D eigenvalue weighted by molar-refractivity contribution is 0.406. The molecule has 150 valence electrons.